The molecule has 2 aromatic carbocycles. The minimum Gasteiger partial charge on any atom is -0.494 e. The zero-order valence-electron chi connectivity index (χ0n) is 25.2. The molecule has 3 rings (SSSR count). The molecule has 3 N–H and O–H groups in total. The van der Waals surface area contributed by atoms with Gasteiger partial charge in [-0.25, -0.2) is 0 Å². The molecule has 0 unspecified atom stereocenters. The van der Waals surface area contributed by atoms with Crippen molar-refractivity contribution in [2.45, 2.75) is 68.7 Å². The average Bonchev–Trinajstić information content (AvgIpc) is 2.83. The van der Waals surface area contributed by atoms with E-state index in [1.807, 2.05) is 18.2 Å². The number of ketones is 1. The Morgan fingerprint density at radius 2 is 1.18 bits per heavy atom. The third-order valence-corrected chi connectivity index (χ3v) is 6.59. The van der Waals surface area contributed by atoms with Crippen LogP contribution in [0.1, 0.15) is 83.8 Å². The summed E-state index contributed by atoms with van der Waals surface area (Å²) in [5.74, 6) is -0.823. The molecule has 0 saturated carbocycles. The van der Waals surface area contributed by atoms with E-state index in [2.05, 4.69) is 16.0 Å². The van der Waals surface area contributed by atoms with E-state index in [0.717, 1.165) is 5.56 Å². The fourth-order valence-electron chi connectivity index (χ4n) is 3.93. The van der Waals surface area contributed by atoms with E-state index >= 15 is 0 Å². The van der Waals surface area contributed by atoms with Crippen LogP contribution in [0.25, 0.3) is 5.57 Å². The molecule has 0 bridgehead atoms. The first-order valence-electron chi connectivity index (χ1n) is 13.4. The number of methoxy groups -OCH3 is 1. The van der Waals surface area contributed by atoms with E-state index in [1.54, 1.807) is 80.5 Å². The minimum absolute atomic E-state index is 0.158. The number of hydrogen-bond acceptors (Lipinski definition) is 5. The molecule has 214 valence electrons. The molecule has 0 saturated heterocycles. The summed E-state index contributed by atoms with van der Waals surface area (Å²) in [6, 6.07) is 9.06. The van der Waals surface area contributed by atoms with Crippen molar-refractivity contribution in [1.29, 1.82) is 0 Å². The Morgan fingerprint density at radius 3 is 1.68 bits per heavy atom. The number of anilines is 3. The lowest BCUT2D eigenvalue weighted by atomic mass is 9.85. The highest BCUT2D eigenvalue weighted by Gasteiger charge is 2.33. The summed E-state index contributed by atoms with van der Waals surface area (Å²) < 4.78 is 5.73. The van der Waals surface area contributed by atoms with Gasteiger partial charge < -0.3 is 20.7 Å². The first-order chi connectivity index (χ1) is 18.3. The highest BCUT2D eigenvalue weighted by Crippen LogP contribution is 2.47. The normalized spacial score (nSPS) is 13.7. The van der Waals surface area contributed by atoms with Crippen LogP contribution in [-0.2, 0) is 20.8 Å². The molecule has 0 aromatic heterocycles. The van der Waals surface area contributed by atoms with Crippen LogP contribution < -0.4 is 20.7 Å². The van der Waals surface area contributed by atoms with Crippen LogP contribution in [0.3, 0.4) is 0 Å². The van der Waals surface area contributed by atoms with Gasteiger partial charge in [0.15, 0.2) is 5.78 Å². The molecule has 8 nitrogen and oxygen atoms in total. The Hall–Kier alpha value is -3.94. The fourth-order valence-corrected chi connectivity index (χ4v) is 3.93. The summed E-state index contributed by atoms with van der Waals surface area (Å²) in [5.41, 5.74) is 0.984. The van der Waals surface area contributed by atoms with Gasteiger partial charge in [0.05, 0.1) is 18.5 Å². The van der Waals surface area contributed by atoms with E-state index < -0.39 is 16.2 Å². The van der Waals surface area contributed by atoms with Crippen LogP contribution >= 0.6 is 0 Å². The molecule has 40 heavy (non-hydrogen) atoms. The van der Waals surface area contributed by atoms with Crippen LogP contribution in [0.5, 0.6) is 5.75 Å². The summed E-state index contributed by atoms with van der Waals surface area (Å²) in [7, 11) is 1.46. The van der Waals surface area contributed by atoms with Gasteiger partial charge in [-0.15, -0.1) is 0 Å². The predicted molar refractivity (Wildman–Crippen MR) is 160 cm³/mol. The number of allylic oxidation sites excluding steroid dienone is 2. The van der Waals surface area contributed by atoms with Crippen LogP contribution in [0, 0.1) is 16.2 Å². The quantitative estimate of drug-likeness (QED) is 0.397. The Labute approximate surface area is 237 Å². The largest absolute Gasteiger partial charge is 0.494 e. The van der Waals surface area contributed by atoms with Crippen molar-refractivity contribution in [2.75, 3.05) is 23.1 Å². The van der Waals surface area contributed by atoms with Crippen LogP contribution in [0.4, 0.5) is 17.1 Å². The lowest BCUT2D eigenvalue weighted by Crippen LogP contribution is -2.33. The number of carbonyl (C=O) groups is 4. The highest BCUT2D eigenvalue weighted by molar-refractivity contribution is 6.16. The number of benzene rings is 2. The van der Waals surface area contributed by atoms with Crippen molar-refractivity contribution in [1.82, 2.24) is 0 Å². The molecule has 0 atom stereocenters. The van der Waals surface area contributed by atoms with Gasteiger partial charge in [-0.3, -0.25) is 19.2 Å². The average molecular weight is 548 g/mol. The van der Waals surface area contributed by atoms with Gasteiger partial charge in [0.1, 0.15) is 11.4 Å². The van der Waals surface area contributed by atoms with E-state index in [1.165, 1.54) is 7.11 Å². The Kier molecular flexibility index (Phi) is 8.35. The molecule has 1 aliphatic rings. The molecule has 0 spiro atoms. The lowest BCUT2D eigenvalue weighted by Gasteiger charge is -2.29. The summed E-state index contributed by atoms with van der Waals surface area (Å²) in [6.45, 7) is 16.0. The molecular weight excluding hydrogens is 506 g/mol. The molecule has 0 aliphatic heterocycles. The number of rotatable bonds is 5. The molecule has 3 amide bonds. The molecule has 0 radical (unpaired) electrons. The Morgan fingerprint density at radius 1 is 0.700 bits per heavy atom. The van der Waals surface area contributed by atoms with E-state index in [9.17, 15) is 19.2 Å². The lowest BCUT2D eigenvalue weighted by molar-refractivity contribution is -0.124. The second kappa shape index (κ2) is 10.9. The maximum Gasteiger partial charge on any atom is 0.229 e. The number of hydrogen-bond donors (Lipinski definition) is 3. The third kappa shape index (κ3) is 6.61. The molecule has 8 heteroatoms. The van der Waals surface area contributed by atoms with Gasteiger partial charge >= 0.3 is 0 Å². The zero-order chi connectivity index (χ0) is 30.2. The smallest absolute Gasteiger partial charge is 0.229 e. The van der Waals surface area contributed by atoms with Crippen molar-refractivity contribution >= 4 is 46.1 Å². The van der Waals surface area contributed by atoms with Gasteiger partial charge in [0, 0.05) is 27.4 Å². The van der Waals surface area contributed by atoms with Gasteiger partial charge in [0.2, 0.25) is 17.7 Å². The first-order valence-corrected chi connectivity index (χ1v) is 13.4. The number of carbonyl (C=O) groups excluding carboxylic acids is 4. The van der Waals surface area contributed by atoms with Gasteiger partial charge in [-0.2, -0.15) is 0 Å². The minimum atomic E-state index is -0.793. The summed E-state index contributed by atoms with van der Waals surface area (Å²) >= 11 is 0. The van der Waals surface area contributed by atoms with Gasteiger partial charge in [-0.1, -0.05) is 86.6 Å². The molecule has 2 aromatic rings. The summed E-state index contributed by atoms with van der Waals surface area (Å²) in [5, 5.41) is 8.88. The number of ether oxygens (including phenoxy) is 1. The van der Waals surface area contributed by atoms with E-state index in [4.69, 9.17) is 4.74 Å². The van der Waals surface area contributed by atoms with Crippen LogP contribution in [0.2, 0.25) is 0 Å². The summed E-state index contributed by atoms with van der Waals surface area (Å²) in [6.07, 6.45) is 1.97. The first kappa shape index (κ1) is 30.6. The van der Waals surface area contributed by atoms with Crippen LogP contribution in [-0.4, -0.2) is 30.6 Å². The van der Waals surface area contributed by atoms with Crippen molar-refractivity contribution in [3.8, 4) is 5.75 Å². The SMILES string of the molecule is COc1cc(C2=CC(=O)c3ccccc3C2)c(NC(=O)C(C)(C)C)c(NC(=O)C(C)(C)C)c1NC(=O)C(C)(C)C. The zero-order valence-corrected chi connectivity index (χ0v) is 25.2. The maximum atomic E-state index is 13.4. The Bertz CT molecular complexity index is 1400. The third-order valence-electron chi connectivity index (χ3n) is 6.59. The predicted octanol–water partition coefficient (Wildman–Crippen LogP) is 6.47. The van der Waals surface area contributed by atoms with Crippen molar-refractivity contribution in [3.63, 3.8) is 0 Å². The van der Waals surface area contributed by atoms with E-state index in [-0.39, 0.29) is 46.3 Å². The van der Waals surface area contributed by atoms with Crippen LogP contribution in [0.15, 0.2) is 36.4 Å². The van der Waals surface area contributed by atoms with Crippen molar-refractivity contribution in [2.24, 2.45) is 16.2 Å². The molecule has 0 heterocycles. The van der Waals surface area contributed by atoms with Crippen molar-refractivity contribution < 1.29 is 23.9 Å². The Balaban J connectivity index is 2.38. The van der Waals surface area contributed by atoms with Gasteiger partial charge in [0.25, 0.3) is 0 Å². The fraction of sp³-hybridized carbons (Fsp3) is 0.438. The summed E-state index contributed by atoms with van der Waals surface area (Å²) in [4.78, 5) is 53.0. The second-order valence-electron chi connectivity index (χ2n) is 13.2. The maximum absolute atomic E-state index is 13.4. The highest BCUT2D eigenvalue weighted by atomic mass is 16.5. The van der Waals surface area contributed by atoms with Gasteiger partial charge in [-0.05, 0) is 29.7 Å². The monoisotopic (exact) mass is 547 g/mol. The molecule has 0 fully saturated rings. The molecule has 1 aliphatic carbocycles. The topological polar surface area (TPSA) is 114 Å². The number of amides is 3. The molecular formula is C32H41N3O5. The van der Waals surface area contributed by atoms with Crippen molar-refractivity contribution in [3.05, 3.63) is 53.1 Å². The second-order valence-corrected chi connectivity index (χ2v) is 13.2. The number of fused-ring (bicyclic) bond motifs is 1. The van der Waals surface area contributed by atoms with E-state index in [0.29, 0.717) is 23.1 Å². The standard InChI is InChI=1S/C32H41N3O5/c1-30(2,3)27(37)33-24-21(19-15-18-13-11-12-14-20(18)22(36)16-19)17-23(40-10)25(34-28(38)31(4,5)6)26(24)35-29(39)32(7,8)9/h11-14,16-17H,15H2,1-10H3,(H,33,37)(H,34,38)(H,35,39). The number of nitrogens with one attached hydrogen (secondary N) is 3.